The van der Waals surface area contributed by atoms with Gasteiger partial charge in [0.1, 0.15) is 10.6 Å². The molecule has 28 heavy (non-hydrogen) atoms. The maximum absolute atomic E-state index is 12.4. The van der Waals surface area contributed by atoms with Gasteiger partial charge in [0.25, 0.3) is 10.1 Å². The van der Waals surface area contributed by atoms with Gasteiger partial charge in [-0.1, -0.05) is 48.5 Å². The lowest BCUT2D eigenvalue weighted by Crippen LogP contribution is -2.06. The topological polar surface area (TPSA) is 63.6 Å². The first-order valence-electron chi connectivity index (χ1n) is 8.27. The maximum atomic E-state index is 12.4. The second-order valence-corrected chi connectivity index (χ2v) is 9.93. The molecule has 0 saturated carbocycles. The number of hydrogen-bond donors (Lipinski definition) is 1. The van der Waals surface area contributed by atoms with Crippen LogP contribution in [0, 0.1) is 7.14 Å². The molecule has 0 aliphatic rings. The number of ether oxygens (including phenoxy) is 1. The zero-order chi connectivity index (χ0) is 20.1. The van der Waals surface area contributed by atoms with E-state index in [9.17, 15) is 13.0 Å². The van der Waals surface area contributed by atoms with Crippen LogP contribution < -0.4 is 4.74 Å². The van der Waals surface area contributed by atoms with Gasteiger partial charge in [0.2, 0.25) is 0 Å². The predicted molar refractivity (Wildman–Crippen MR) is 129 cm³/mol. The Bertz CT molecular complexity index is 1350. The predicted octanol–water partition coefficient (Wildman–Crippen LogP) is 6.12. The van der Waals surface area contributed by atoms with Gasteiger partial charge in [0.05, 0.1) is 10.7 Å². The summed E-state index contributed by atoms with van der Waals surface area (Å²) in [7, 11) is -2.91. The Kier molecular flexibility index (Phi) is 5.27. The first-order valence-corrected chi connectivity index (χ1v) is 11.9. The molecule has 0 amide bonds. The van der Waals surface area contributed by atoms with Crippen molar-refractivity contribution in [2.24, 2.45) is 0 Å². The van der Waals surface area contributed by atoms with Gasteiger partial charge in [0, 0.05) is 14.7 Å². The van der Waals surface area contributed by atoms with E-state index in [1.807, 2.05) is 77.2 Å². The Morgan fingerprint density at radius 1 is 0.821 bits per heavy atom. The molecule has 1 N–H and O–H groups in total. The molecule has 0 unspecified atom stereocenters. The van der Waals surface area contributed by atoms with E-state index in [0.29, 0.717) is 20.4 Å². The molecule has 4 aromatic rings. The smallest absolute Gasteiger partial charge is 0.296 e. The van der Waals surface area contributed by atoms with E-state index in [1.54, 1.807) is 13.2 Å². The molecule has 0 atom stereocenters. The summed E-state index contributed by atoms with van der Waals surface area (Å²) >= 11 is 4.15. The van der Waals surface area contributed by atoms with Gasteiger partial charge in [0.15, 0.2) is 0 Å². The molecule has 0 aliphatic heterocycles. The lowest BCUT2D eigenvalue weighted by molar-refractivity contribution is 0.414. The van der Waals surface area contributed by atoms with Crippen LogP contribution in [-0.4, -0.2) is 20.1 Å². The number of benzene rings is 4. The second kappa shape index (κ2) is 7.43. The van der Waals surface area contributed by atoms with E-state index < -0.39 is 10.1 Å². The van der Waals surface area contributed by atoms with Crippen molar-refractivity contribution >= 4 is 76.8 Å². The molecule has 4 aromatic carbocycles. The van der Waals surface area contributed by atoms with E-state index in [1.165, 1.54) is 0 Å². The number of halogens is 2. The third kappa shape index (κ3) is 3.27. The number of hydrogen-bond acceptors (Lipinski definition) is 3. The first kappa shape index (κ1) is 19.9. The molecule has 142 valence electrons. The van der Waals surface area contributed by atoms with Crippen LogP contribution in [0.1, 0.15) is 0 Å². The SMILES string of the molecule is COc1c(I)cc2ccccc2c1-c1c(S(=O)(=O)O)c(I)cc2ccccc12. The summed E-state index contributed by atoms with van der Waals surface area (Å²) in [6.07, 6.45) is 0. The molecule has 4 rings (SSSR count). The van der Waals surface area contributed by atoms with Crippen LogP contribution in [0.3, 0.4) is 0 Å². The quantitative estimate of drug-likeness (QED) is 0.223. The van der Waals surface area contributed by atoms with Crippen LogP contribution in [-0.2, 0) is 10.1 Å². The number of rotatable bonds is 3. The monoisotopic (exact) mass is 616 g/mol. The van der Waals surface area contributed by atoms with Crippen molar-refractivity contribution in [3.8, 4) is 16.9 Å². The zero-order valence-electron chi connectivity index (χ0n) is 14.6. The summed E-state index contributed by atoms with van der Waals surface area (Å²) in [5, 5.41) is 3.45. The molecule has 0 bridgehead atoms. The van der Waals surface area contributed by atoms with Gasteiger partial charge >= 0.3 is 0 Å². The van der Waals surface area contributed by atoms with E-state index >= 15 is 0 Å². The molecule has 0 radical (unpaired) electrons. The van der Waals surface area contributed by atoms with Gasteiger partial charge < -0.3 is 4.74 Å². The molecular formula is C21H14I2O4S. The van der Waals surface area contributed by atoms with Gasteiger partial charge in [-0.15, -0.1) is 0 Å². The van der Waals surface area contributed by atoms with Crippen LogP contribution >= 0.6 is 45.2 Å². The second-order valence-electron chi connectivity index (χ2n) is 6.25. The van der Waals surface area contributed by atoms with Gasteiger partial charge in [-0.25, -0.2) is 0 Å². The van der Waals surface area contributed by atoms with Crippen molar-refractivity contribution in [1.29, 1.82) is 0 Å². The summed E-state index contributed by atoms with van der Waals surface area (Å²) in [6, 6.07) is 19.1. The van der Waals surface area contributed by atoms with Crippen LogP contribution in [0.4, 0.5) is 0 Å². The van der Waals surface area contributed by atoms with E-state index in [2.05, 4.69) is 22.6 Å². The standard InChI is InChI=1S/C21H14I2O4S/c1-27-20-16(22)10-12-6-2-4-8-14(12)18(20)19-15-9-5-3-7-13(15)11-17(23)21(19)28(24,25)26/h2-11H,1H3,(H,24,25,26). The van der Waals surface area contributed by atoms with Gasteiger partial charge in [-0.05, 0) is 78.9 Å². The Hall–Kier alpha value is -1.43. The normalized spacial score (nSPS) is 11.9. The van der Waals surface area contributed by atoms with E-state index in [0.717, 1.165) is 25.1 Å². The average molecular weight is 616 g/mol. The van der Waals surface area contributed by atoms with Crippen LogP contribution in [0.5, 0.6) is 5.75 Å². The lowest BCUT2D eigenvalue weighted by atomic mass is 9.93. The molecule has 0 saturated heterocycles. The van der Waals surface area contributed by atoms with Crippen LogP contribution in [0.25, 0.3) is 32.7 Å². The summed E-state index contributed by atoms with van der Waals surface area (Å²) < 4.78 is 42.0. The summed E-state index contributed by atoms with van der Waals surface area (Å²) in [5.74, 6) is 0.580. The van der Waals surface area contributed by atoms with E-state index in [4.69, 9.17) is 4.74 Å². The third-order valence-electron chi connectivity index (χ3n) is 4.62. The zero-order valence-corrected chi connectivity index (χ0v) is 19.7. The summed E-state index contributed by atoms with van der Waals surface area (Å²) in [4.78, 5) is -0.0998. The maximum Gasteiger partial charge on any atom is 0.296 e. The average Bonchev–Trinajstić information content (AvgIpc) is 2.65. The molecule has 4 nitrogen and oxygen atoms in total. The highest BCUT2D eigenvalue weighted by molar-refractivity contribution is 14.1. The Morgan fingerprint density at radius 2 is 1.32 bits per heavy atom. The van der Waals surface area contributed by atoms with Crippen LogP contribution in [0.2, 0.25) is 0 Å². The Balaban J connectivity index is 2.35. The summed E-state index contributed by atoms with van der Waals surface area (Å²) in [5.41, 5.74) is 1.11. The molecule has 0 aromatic heterocycles. The van der Waals surface area contributed by atoms with E-state index in [-0.39, 0.29) is 4.90 Å². The van der Waals surface area contributed by atoms with Crippen LogP contribution in [0.15, 0.2) is 65.6 Å². The molecule has 0 heterocycles. The fraction of sp³-hybridized carbons (Fsp3) is 0.0476. The molecule has 0 spiro atoms. The number of fused-ring (bicyclic) bond motifs is 2. The van der Waals surface area contributed by atoms with Crippen molar-refractivity contribution in [2.45, 2.75) is 4.90 Å². The Morgan fingerprint density at radius 3 is 1.86 bits per heavy atom. The third-order valence-corrected chi connectivity index (χ3v) is 7.58. The minimum absolute atomic E-state index is 0.0998. The lowest BCUT2D eigenvalue weighted by Gasteiger charge is -2.19. The van der Waals surface area contributed by atoms with Crippen molar-refractivity contribution < 1.29 is 17.7 Å². The van der Waals surface area contributed by atoms with Crippen molar-refractivity contribution in [3.05, 3.63) is 67.8 Å². The highest BCUT2D eigenvalue weighted by Gasteiger charge is 2.27. The van der Waals surface area contributed by atoms with Crippen molar-refractivity contribution in [1.82, 2.24) is 0 Å². The molecular weight excluding hydrogens is 602 g/mol. The molecule has 7 heteroatoms. The Labute approximate surface area is 189 Å². The molecule has 0 aliphatic carbocycles. The fourth-order valence-corrected chi connectivity index (χ4v) is 6.58. The highest BCUT2D eigenvalue weighted by atomic mass is 127. The number of methoxy groups -OCH3 is 1. The molecule has 0 fully saturated rings. The van der Waals surface area contributed by atoms with Gasteiger partial charge in [-0.3, -0.25) is 4.55 Å². The van der Waals surface area contributed by atoms with Gasteiger partial charge in [-0.2, -0.15) is 8.42 Å². The van der Waals surface area contributed by atoms with Crippen molar-refractivity contribution in [3.63, 3.8) is 0 Å². The highest BCUT2D eigenvalue weighted by Crippen LogP contribution is 2.46. The summed E-state index contributed by atoms with van der Waals surface area (Å²) in [6.45, 7) is 0. The largest absolute Gasteiger partial charge is 0.495 e. The fourth-order valence-electron chi connectivity index (χ4n) is 3.54. The minimum Gasteiger partial charge on any atom is -0.495 e. The first-order chi connectivity index (χ1) is 13.3. The van der Waals surface area contributed by atoms with Crippen molar-refractivity contribution in [2.75, 3.05) is 7.11 Å². The minimum atomic E-state index is -4.48.